The first-order chi connectivity index (χ1) is 12.1. The first-order valence-corrected chi connectivity index (χ1v) is 8.62. The van der Waals surface area contributed by atoms with Crippen LogP contribution in [0.1, 0.15) is 17.0 Å². The van der Waals surface area contributed by atoms with Crippen LogP contribution in [0.2, 0.25) is 0 Å². The molecule has 0 saturated carbocycles. The summed E-state index contributed by atoms with van der Waals surface area (Å²) in [7, 11) is 0. The SMILES string of the molecule is Cc1cc(C)n(Cc2cccc(Nc3nn4c(=O)ccnc4s3)c2)n1. The van der Waals surface area contributed by atoms with Crippen molar-refractivity contribution in [1.29, 1.82) is 0 Å². The molecule has 0 amide bonds. The fourth-order valence-electron chi connectivity index (χ4n) is 2.67. The number of aromatic nitrogens is 5. The second kappa shape index (κ2) is 6.14. The van der Waals surface area contributed by atoms with Gasteiger partial charge in [0.05, 0.1) is 12.2 Å². The summed E-state index contributed by atoms with van der Waals surface area (Å²) < 4.78 is 3.28. The van der Waals surface area contributed by atoms with Crippen molar-refractivity contribution in [2.45, 2.75) is 20.4 Å². The van der Waals surface area contributed by atoms with E-state index >= 15 is 0 Å². The summed E-state index contributed by atoms with van der Waals surface area (Å²) in [6, 6.07) is 11.5. The van der Waals surface area contributed by atoms with Gasteiger partial charge in [-0.2, -0.15) is 9.61 Å². The lowest BCUT2D eigenvalue weighted by molar-refractivity contribution is 0.659. The standard InChI is InChI=1S/C17H16N6OS/c1-11-8-12(2)22(20-11)10-13-4-3-5-14(9-13)19-16-21-23-15(24)6-7-18-17(23)25-16/h3-9H,10H2,1-2H3,(H,19,21). The van der Waals surface area contributed by atoms with Gasteiger partial charge in [-0.05, 0) is 37.6 Å². The van der Waals surface area contributed by atoms with Crippen LogP contribution >= 0.6 is 11.3 Å². The van der Waals surface area contributed by atoms with E-state index in [9.17, 15) is 4.79 Å². The van der Waals surface area contributed by atoms with Crippen molar-refractivity contribution in [2.75, 3.05) is 5.32 Å². The zero-order valence-corrected chi connectivity index (χ0v) is 14.6. The molecule has 0 fully saturated rings. The predicted octanol–water partition coefficient (Wildman–Crippen LogP) is 2.76. The molecule has 0 spiro atoms. The topological polar surface area (TPSA) is 77.1 Å². The molecule has 0 aliphatic rings. The van der Waals surface area contributed by atoms with Crippen LogP contribution in [0.15, 0.2) is 47.4 Å². The Hall–Kier alpha value is -3.00. The predicted molar refractivity (Wildman–Crippen MR) is 97.7 cm³/mol. The van der Waals surface area contributed by atoms with E-state index in [0.717, 1.165) is 22.6 Å². The maximum atomic E-state index is 11.8. The van der Waals surface area contributed by atoms with E-state index in [1.54, 1.807) is 0 Å². The Morgan fingerprint density at radius 3 is 2.80 bits per heavy atom. The highest BCUT2D eigenvalue weighted by molar-refractivity contribution is 7.20. The maximum Gasteiger partial charge on any atom is 0.275 e. The van der Waals surface area contributed by atoms with E-state index in [2.05, 4.69) is 38.7 Å². The molecule has 0 radical (unpaired) electrons. The number of rotatable bonds is 4. The number of nitrogens with zero attached hydrogens (tertiary/aromatic N) is 5. The third-order valence-electron chi connectivity index (χ3n) is 3.78. The van der Waals surface area contributed by atoms with Crippen LogP contribution < -0.4 is 10.9 Å². The number of anilines is 2. The molecule has 25 heavy (non-hydrogen) atoms. The summed E-state index contributed by atoms with van der Waals surface area (Å²) in [6.45, 7) is 4.74. The first kappa shape index (κ1) is 15.5. The molecule has 0 saturated heterocycles. The minimum atomic E-state index is -0.187. The molecule has 4 aromatic rings. The van der Waals surface area contributed by atoms with Crippen molar-refractivity contribution in [3.8, 4) is 0 Å². The zero-order valence-electron chi connectivity index (χ0n) is 13.8. The highest BCUT2D eigenvalue weighted by Crippen LogP contribution is 2.22. The van der Waals surface area contributed by atoms with Crippen LogP contribution in [-0.2, 0) is 6.54 Å². The molecule has 0 bridgehead atoms. The molecule has 0 unspecified atom stereocenters. The average molecular weight is 352 g/mol. The molecule has 0 aliphatic carbocycles. The van der Waals surface area contributed by atoms with Crippen molar-refractivity contribution in [1.82, 2.24) is 24.4 Å². The number of benzene rings is 1. The lowest BCUT2D eigenvalue weighted by atomic mass is 10.2. The zero-order chi connectivity index (χ0) is 17.4. The van der Waals surface area contributed by atoms with Crippen LogP contribution in [0.4, 0.5) is 10.8 Å². The molecule has 3 aromatic heterocycles. The van der Waals surface area contributed by atoms with Gasteiger partial charge >= 0.3 is 0 Å². The summed E-state index contributed by atoms with van der Waals surface area (Å²) >= 11 is 1.33. The molecule has 126 valence electrons. The summed E-state index contributed by atoms with van der Waals surface area (Å²) in [5.74, 6) is 0. The van der Waals surface area contributed by atoms with Crippen LogP contribution in [0, 0.1) is 13.8 Å². The van der Waals surface area contributed by atoms with Gasteiger partial charge in [0.25, 0.3) is 5.56 Å². The van der Waals surface area contributed by atoms with Crippen molar-refractivity contribution in [2.24, 2.45) is 0 Å². The third kappa shape index (κ3) is 3.16. The van der Waals surface area contributed by atoms with E-state index in [-0.39, 0.29) is 5.56 Å². The molecule has 3 heterocycles. The maximum absolute atomic E-state index is 11.8. The van der Waals surface area contributed by atoms with E-state index in [0.29, 0.717) is 16.6 Å². The Balaban J connectivity index is 1.59. The molecule has 0 atom stereocenters. The van der Waals surface area contributed by atoms with Gasteiger partial charge in [0.2, 0.25) is 10.1 Å². The fraction of sp³-hybridized carbons (Fsp3) is 0.176. The summed E-state index contributed by atoms with van der Waals surface area (Å²) in [6.07, 6.45) is 1.49. The van der Waals surface area contributed by atoms with E-state index in [4.69, 9.17) is 0 Å². The van der Waals surface area contributed by atoms with Crippen molar-refractivity contribution in [3.63, 3.8) is 0 Å². The highest BCUT2D eigenvalue weighted by atomic mass is 32.1. The Morgan fingerprint density at radius 2 is 2.04 bits per heavy atom. The number of fused-ring (bicyclic) bond motifs is 1. The summed E-state index contributed by atoms with van der Waals surface area (Å²) in [5, 5.41) is 12.6. The molecule has 1 N–H and O–H groups in total. The Morgan fingerprint density at radius 1 is 1.16 bits per heavy atom. The molecule has 4 rings (SSSR count). The second-order valence-corrected chi connectivity index (χ2v) is 6.75. The van der Waals surface area contributed by atoms with Crippen LogP contribution in [0.5, 0.6) is 0 Å². The Kier molecular flexibility index (Phi) is 3.81. The largest absolute Gasteiger partial charge is 0.330 e. The smallest absolute Gasteiger partial charge is 0.275 e. The van der Waals surface area contributed by atoms with Crippen LogP contribution in [0.25, 0.3) is 4.96 Å². The number of hydrogen-bond donors (Lipinski definition) is 1. The minimum absolute atomic E-state index is 0.187. The van der Waals surface area contributed by atoms with E-state index in [1.807, 2.05) is 30.7 Å². The molecular formula is C17H16N6OS. The van der Waals surface area contributed by atoms with Crippen LogP contribution in [0.3, 0.4) is 0 Å². The number of aryl methyl sites for hydroxylation is 2. The van der Waals surface area contributed by atoms with Gasteiger partial charge in [-0.3, -0.25) is 9.48 Å². The first-order valence-electron chi connectivity index (χ1n) is 7.80. The molecule has 7 nitrogen and oxygen atoms in total. The monoisotopic (exact) mass is 352 g/mol. The minimum Gasteiger partial charge on any atom is -0.330 e. The molecule has 8 heteroatoms. The summed E-state index contributed by atoms with van der Waals surface area (Å²) in [4.78, 5) is 16.5. The number of nitrogens with one attached hydrogen (secondary N) is 1. The summed E-state index contributed by atoms with van der Waals surface area (Å²) in [5.41, 5.74) is 4.00. The quantitative estimate of drug-likeness (QED) is 0.611. The normalized spacial score (nSPS) is 11.1. The van der Waals surface area contributed by atoms with Gasteiger partial charge in [-0.25, -0.2) is 4.98 Å². The van der Waals surface area contributed by atoms with Gasteiger partial charge in [0.1, 0.15) is 0 Å². The van der Waals surface area contributed by atoms with Gasteiger partial charge in [-0.1, -0.05) is 23.5 Å². The van der Waals surface area contributed by atoms with Gasteiger partial charge in [0.15, 0.2) is 0 Å². The van der Waals surface area contributed by atoms with Gasteiger partial charge in [-0.15, -0.1) is 5.10 Å². The van der Waals surface area contributed by atoms with E-state index < -0.39 is 0 Å². The van der Waals surface area contributed by atoms with Crippen molar-refractivity contribution in [3.05, 3.63) is 69.9 Å². The lowest BCUT2D eigenvalue weighted by Crippen LogP contribution is -2.12. The fourth-order valence-corrected chi connectivity index (χ4v) is 3.47. The van der Waals surface area contributed by atoms with Gasteiger partial charge < -0.3 is 5.32 Å². The van der Waals surface area contributed by atoms with Gasteiger partial charge in [0, 0.05) is 23.6 Å². The van der Waals surface area contributed by atoms with Crippen molar-refractivity contribution < 1.29 is 0 Å². The molecule has 0 aliphatic heterocycles. The highest BCUT2D eigenvalue weighted by Gasteiger charge is 2.07. The second-order valence-electron chi connectivity index (χ2n) is 5.79. The molecular weight excluding hydrogens is 336 g/mol. The van der Waals surface area contributed by atoms with Crippen molar-refractivity contribution >= 4 is 27.1 Å². The third-order valence-corrected chi connectivity index (χ3v) is 4.62. The average Bonchev–Trinajstić information content (AvgIpc) is 3.11. The number of hydrogen-bond acceptors (Lipinski definition) is 6. The van der Waals surface area contributed by atoms with Crippen LogP contribution in [-0.4, -0.2) is 24.4 Å². The van der Waals surface area contributed by atoms with E-state index in [1.165, 1.54) is 28.1 Å². The molecule has 1 aromatic carbocycles. The Bertz CT molecular complexity index is 1110. The lowest BCUT2D eigenvalue weighted by Gasteiger charge is -2.07. The Labute approximate surface area is 147 Å².